The fourth-order valence-electron chi connectivity index (χ4n) is 4.68. The molecule has 1 saturated carbocycles. The first-order valence-electron chi connectivity index (χ1n) is 12.5. The molecule has 1 aromatic carbocycles. The zero-order valence-corrected chi connectivity index (χ0v) is 19.3. The van der Waals surface area contributed by atoms with Crippen LogP contribution in [0.2, 0.25) is 0 Å². The van der Waals surface area contributed by atoms with Crippen LogP contribution in [0.25, 0.3) is 0 Å². The Kier molecular flexibility index (Phi) is 7.09. The average Bonchev–Trinajstić information content (AvgIpc) is 3.34. The van der Waals surface area contributed by atoms with Crippen LogP contribution < -0.4 is 14.8 Å². The van der Waals surface area contributed by atoms with E-state index in [0.29, 0.717) is 31.4 Å². The molecule has 3 heterocycles. The van der Waals surface area contributed by atoms with Crippen LogP contribution in [0.15, 0.2) is 22.7 Å². The number of aromatic nitrogens is 2. The van der Waals surface area contributed by atoms with Crippen LogP contribution in [-0.2, 0) is 17.6 Å². The van der Waals surface area contributed by atoms with E-state index in [-0.39, 0.29) is 11.9 Å². The van der Waals surface area contributed by atoms with E-state index >= 15 is 0 Å². The molecular formula is C25H34N4O4. The summed E-state index contributed by atoms with van der Waals surface area (Å²) in [7, 11) is 0. The van der Waals surface area contributed by atoms with Gasteiger partial charge in [-0.1, -0.05) is 11.2 Å². The highest BCUT2D eigenvalue weighted by Crippen LogP contribution is 2.38. The predicted octanol–water partition coefficient (Wildman–Crippen LogP) is 3.25. The van der Waals surface area contributed by atoms with Crippen molar-refractivity contribution in [1.29, 1.82) is 0 Å². The molecule has 1 atom stereocenters. The molecule has 0 unspecified atom stereocenters. The van der Waals surface area contributed by atoms with Gasteiger partial charge in [0.25, 0.3) is 0 Å². The second kappa shape index (κ2) is 10.5. The third-order valence-corrected chi connectivity index (χ3v) is 6.60. The van der Waals surface area contributed by atoms with Crippen LogP contribution in [0.5, 0.6) is 11.5 Å². The van der Waals surface area contributed by atoms with Gasteiger partial charge in [0.2, 0.25) is 11.8 Å². The van der Waals surface area contributed by atoms with Crippen molar-refractivity contribution in [2.45, 2.75) is 69.7 Å². The van der Waals surface area contributed by atoms with Gasteiger partial charge in [0.15, 0.2) is 17.3 Å². The lowest BCUT2D eigenvalue weighted by molar-refractivity contribution is -0.122. The molecule has 5 rings (SSSR count). The van der Waals surface area contributed by atoms with Gasteiger partial charge in [-0.3, -0.25) is 4.79 Å². The lowest BCUT2D eigenvalue weighted by atomic mass is 10.0. The Balaban J connectivity index is 1.11. The minimum Gasteiger partial charge on any atom is -0.486 e. The normalized spacial score (nSPS) is 18.9. The molecule has 1 amide bonds. The standard InChI is InChI=1S/C25H34N4O4/c30-23(5-1-2-6-24-27-25(28-33-24)19-8-9-19)26-20(17-29-11-3-4-12-29)15-18-7-10-21-22(16-18)32-14-13-31-21/h7,10,16,19-20H,1-6,8-9,11-15,17H2,(H,26,30)/t20-/m0/s1. The third-order valence-electron chi connectivity index (χ3n) is 6.60. The number of rotatable bonds is 11. The summed E-state index contributed by atoms with van der Waals surface area (Å²) in [6, 6.07) is 6.19. The Morgan fingerprint density at radius 1 is 1.12 bits per heavy atom. The zero-order valence-electron chi connectivity index (χ0n) is 19.3. The van der Waals surface area contributed by atoms with Gasteiger partial charge < -0.3 is 24.2 Å². The Labute approximate surface area is 195 Å². The molecule has 1 N–H and O–H groups in total. The number of fused-ring (bicyclic) bond motifs is 1. The number of hydrogen-bond donors (Lipinski definition) is 1. The van der Waals surface area contributed by atoms with Gasteiger partial charge in [-0.25, -0.2) is 0 Å². The molecule has 33 heavy (non-hydrogen) atoms. The van der Waals surface area contributed by atoms with Crippen molar-refractivity contribution >= 4 is 5.91 Å². The molecule has 178 valence electrons. The molecule has 1 aliphatic carbocycles. The molecule has 3 aliphatic rings. The fourth-order valence-corrected chi connectivity index (χ4v) is 4.68. The van der Waals surface area contributed by atoms with Gasteiger partial charge in [0, 0.05) is 31.3 Å². The van der Waals surface area contributed by atoms with E-state index in [1.165, 1.54) is 25.7 Å². The van der Waals surface area contributed by atoms with Crippen LogP contribution in [0.4, 0.5) is 0 Å². The number of aryl methyl sites for hydroxylation is 1. The maximum atomic E-state index is 12.7. The van der Waals surface area contributed by atoms with Crippen LogP contribution in [0.1, 0.15) is 68.1 Å². The number of ether oxygens (including phenoxy) is 2. The monoisotopic (exact) mass is 454 g/mol. The van der Waals surface area contributed by atoms with Crippen molar-refractivity contribution in [2.75, 3.05) is 32.8 Å². The average molecular weight is 455 g/mol. The van der Waals surface area contributed by atoms with E-state index in [0.717, 1.165) is 68.2 Å². The largest absolute Gasteiger partial charge is 0.486 e. The second-order valence-corrected chi connectivity index (χ2v) is 9.48. The van der Waals surface area contributed by atoms with Crippen LogP contribution in [-0.4, -0.2) is 59.8 Å². The first-order chi connectivity index (χ1) is 16.2. The molecule has 2 fully saturated rings. The van der Waals surface area contributed by atoms with Crippen molar-refractivity contribution in [3.8, 4) is 11.5 Å². The minimum absolute atomic E-state index is 0.0789. The van der Waals surface area contributed by atoms with Crippen molar-refractivity contribution in [2.24, 2.45) is 0 Å². The van der Waals surface area contributed by atoms with Gasteiger partial charge in [0.05, 0.1) is 0 Å². The number of nitrogens with zero attached hydrogens (tertiary/aromatic N) is 3. The molecule has 1 aromatic heterocycles. The van der Waals surface area contributed by atoms with Crippen LogP contribution >= 0.6 is 0 Å². The number of unbranched alkanes of at least 4 members (excludes halogenated alkanes) is 1. The predicted molar refractivity (Wildman–Crippen MR) is 123 cm³/mol. The summed E-state index contributed by atoms with van der Waals surface area (Å²) in [5, 5.41) is 7.35. The molecule has 8 nitrogen and oxygen atoms in total. The quantitative estimate of drug-likeness (QED) is 0.521. The van der Waals surface area contributed by atoms with E-state index < -0.39 is 0 Å². The molecule has 8 heteroatoms. The Morgan fingerprint density at radius 3 is 2.76 bits per heavy atom. The van der Waals surface area contributed by atoms with E-state index in [2.05, 4.69) is 32.5 Å². The molecule has 2 aromatic rings. The lowest BCUT2D eigenvalue weighted by Crippen LogP contribution is -2.44. The second-order valence-electron chi connectivity index (χ2n) is 9.48. The first-order valence-corrected chi connectivity index (χ1v) is 12.5. The topological polar surface area (TPSA) is 89.7 Å². The van der Waals surface area contributed by atoms with Gasteiger partial charge in [-0.2, -0.15) is 4.98 Å². The van der Waals surface area contributed by atoms with Crippen LogP contribution in [0.3, 0.4) is 0 Å². The highest BCUT2D eigenvalue weighted by atomic mass is 16.6. The minimum atomic E-state index is 0.0789. The Bertz CT molecular complexity index is 936. The van der Waals surface area contributed by atoms with Gasteiger partial charge in [-0.15, -0.1) is 0 Å². The molecule has 0 spiro atoms. The molecule has 0 radical (unpaired) electrons. The summed E-state index contributed by atoms with van der Waals surface area (Å²) in [5.74, 6) is 3.77. The van der Waals surface area contributed by atoms with Crippen molar-refractivity contribution in [1.82, 2.24) is 20.4 Å². The summed E-state index contributed by atoms with van der Waals surface area (Å²) in [4.78, 5) is 19.7. The van der Waals surface area contributed by atoms with Gasteiger partial charge in [-0.05, 0) is 75.7 Å². The lowest BCUT2D eigenvalue weighted by Gasteiger charge is -2.25. The van der Waals surface area contributed by atoms with Crippen molar-refractivity contribution in [3.63, 3.8) is 0 Å². The molecule has 1 saturated heterocycles. The van der Waals surface area contributed by atoms with Crippen molar-refractivity contribution < 1.29 is 18.8 Å². The summed E-state index contributed by atoms with van der Waals surface area (Å²) in [6.45, 7) is 4.28. The molecule has 2 aliphatic heterocycles. The van der Waals surface area contributed by atoms with E-state index in [1.54, 1.807) is 0 Å². The van der Waals surface area contributed by atoms with E-state index in [9.17, 15) is 4.79 Å². The van der Waals surface area contributed by atoms with E-state index in [4.69, 9.17) is 14.0 Å². The SMILES string of the molecule is O=C(CCCCc1nc(C2CC2)no1)N[C@@H](Cc1ccc2c(c1)OCCO2)CN1CCCC1. The number of carbonyl (C=O) groups excluding carboxylic acids is 1. The summed E-state index contributed by atoms with van der Waals surface area (Å²) >= 11 is 0. The fraction of sp³-hybridized carbons (Fsp3) is 0.640. The van der Waals surface area contributed by atoms with Crippen molar-refractivity contribution in [3.05, 3.63) is 35.5 Å². The zero-order chi connectivity index (χ0) is 22.5. The smallest absolute Gasteiger partial charge is 0.226 e. The number of hydrogen-bond acceptors (Lipinski definition) is 7. The Morgan fingerprint density at radius 2 is 1.94 bits per heavy atom. The maximum absolute atomic E-state index is 12.7. The summed E-state index contributed by atoms with van der Waals surface area (Å²) in [5.41, 5.74) is 1.16. The van der Waals surface area contributed by atoms with Gasteiger partial charge in [0.1, 0.15) is 13.2 Å². The summed E-state index contributed by atoms with van der Waals surface area (Å²) in [6.07, 6.45) is 8.54. The Hall–Kier alpha value is -2.61. The number of amides is 1. The molecular weight excluding hydrogens is 420 g/mol. The maximum Gasteiger partial charge on any atom is 0.226 e. The number of likely N-dealkylation sites (tertiary alicyclic amines) is 1. The summed E-state index contributed by atoms with van der Waals surface area (Å²) < 4.78 is 16.7. The third kappa shape index (κ3) is 6.25. The highest BCUT2D eigenvalue weighted by molar-refractivity contribution is 5.76. The number of carbonyl (C=O) groups is 1. The van der Waals surface area contributed by atoms with Crippen LogP contribution in [0, 0.1) is 0 Å². The first kappa shape index (κ1) is 22.2. The number of benzene rings is 1. The molecule has 0 bridgehead atoms. The van der Waals surface area contributed by atoms with E-state index in [1.807, 2.05) is 6.07 Å². The number of nitrogens with one attached hydrogen (secondary N) is 1. The van der Waals surface area contributed by atoms with Gasteiger partial charge >= 0.3 is 0 Å². The highest BCUT2D eigenvalue weighted by Gasteiger charge is 2.28.